The number of hydrogen-bond acceptors (Lipinski definition) is 6. The molecule has 122 valence electrons. The van der Waals surface area contributed by atoms with E-state index in [9.17, 15) is 4.79 Å². The molecule has 0 spiro atoms. The summed E-state index contributed by atoms with van der Waals surface area (Å²) in [4.78, 5) is 18.5. The lowest BCUT2D eigenvalue weighted by atomic mass is 9.82. The number of rotatable bonds is 4. The molecule has 2 N–H and O–H groups in total. The van der Waals surface area contributed by atoms with Gasteiger partial charge >= 0.3 is 5.97 Å². The number of carbonyl (C=O) groups excluding carboxylic acids is 1. The lowest BCUT2D eigenvalue weighted by Gasteiger charge is -2.46. The van der Waals surface area contributed by atoms with Crippen LogP contribution in [0.3, 0.4) is 0 Å². The van der Waals surface area contributed by atoms with Gasteiger partial charge in [0.25, 0.3) is 0 Å². The predicted octanol–water partition coefficient (Wildman–Crippen LogP) is 2.16. The van der Waals surface area contributed by atoms with Gasteiger partial charge in [0.05, 0.1) is 7.11 Å². The van der Waals surface area contributed by atoms with Gasteiger partial charge in [0, 0.05) is 24.8 Å². The number of hydrogen-bond donors (Lipinski definition) is 2. The van der Waals surface area contributed by atoms with Crippen LogP contribution < -0.4 is 10.2 Å². The molecule has 0 unspecified atom stereocenters. The Kier molecular flexibility index (Phi) is 3.71. The van der Waals surface area contributed by atoms with Crippen molar-refractivity contribution in [3.05, 3.63) is 29.5 Å². The van der Waals surface area contributed by atoms with Crippen LogP contribution in [0.1, 0.15) is 18.2 Å². The van der Waals surface area contributed by atoms with Crippen molar-refractivity contribution < 1.29 is 9.53 Å². The van der Waals surface area contributed by atoms with Crippen LogP contribution in [0.15, 0.2) is 18.2 Å². The van der Waals surface area contributed by atoms with Crippen molar-refractivity contribution >= 4 is 23.4 Å². The average Bonchev–Trinajstić information content (AvgIpc) is 2.87. The molecular formula is C16H21N5O2. The molecule has 0 amide bonds. The van der Waals surface area contributed by atoms with Crippen molar-refractivity contribution in [1.82, 2.24) is 15.2 Å². The number of anilines is 3. The van der Waals surface area contributed by atoms with Gasteiger partial charge in [-0.05, 0) is 38.5 Å². The Balaban J connectivity index is 1.75. The standard InChI is InChI=1S/C16H21N5O2/c1-10-5-12(17-13-7-11(2)19-20-13)18-14(6-10)21-8-16(3,9-21)15(22)23-4/h5-7H,8-9H2,1-4H3,(H2,17,18,19,20). The number of esters is 1. The number of pyridine rings is 1. The minimum Gasteiger partial charge on any atom is -0.468 e. The monoisotopic (exact) mass is 315 g/mol. The number of aromatic nitrogens is 3. The molecule has 23 heavy (non-hydrogen) atoms. The quantitative estimate of drug-likeness (QED) is 0.841. The molecule has 0 radical (unpaired) electrons. The smallest absolute Gasteiger partial charge is 0.315 e. The minimum atomic E-state index is -0.451. The first-order valence-corrected chi connectivity index (χ1v) is 7.51. The summed E-state index contributed by atoms with van der Waals surface area (Å²) in [5, 5.41) is 10.2. The van der Waals surface area contributed by atoms with Gasteiger partial charge in [0.1, 0.15) is 17.1 Å². The highest BCUT2D eigenvalue weighted by Crippen LogP contribution is 2.35. The fourth-order valence-electron chi connectivity index (χ4n) is 2.82. The van der Waals surface area contributed by atoms with E-state index in [1.807, 2.05) is 39.0 Å². The second-order valence-electron chi connectivity index (χ2n) is 6.36. The summed E-state index contributed by atoms with van der Waals surface area (Å²) in [5.41, 5.74) is 1.63. The normalized spacial score (nSPS) is 15.9. The van der Waals surface area contributed by atoms with E-state index in [1.54, 1.807) is 0 Å². The Morgan fingerprint density at radius 2 is 2.04 bits per heavy atom. The third-order valence-corrected chi connectivity index (χ3v) is 4.00. The zero-order valence-electron chi connectivity index (χ0n) is 13.8. The van der Waals surface area contributed by atoms with Gasteiger partial charge < -0.3 is 15.0 Å². The van der Waals surface area contributed by atoms with Crippen LogP contribution in [0.25, 0.3) is 0 Å². The topological polar surface area (TPSA) is 83.1 Å². The fourth-order valence-corrected chi connectivity index (χ4v) is 2.82. The summed E-state index contributed by atoms with van der Waals surface area (Å²) in [7, 11) is 1.43. The SMILES string of the molecule is COC(=O)C1(C)CN(c2cc(C)cc(Nc3cc(C)[nH]n3)n2)C1. The van der Waals surface area contributed by atoms with Crippen molar-refractivity contribution in [2.24, 2.45) is 5.41 Å². The minimum absolute atomic E-state index is 0.174. The van der Waals surface area contributed by atoms with Gasteiger partial charge in [-0.3, -0.25) is 9.89 Å². The number of aromatic amines is 1. The van der Waals surface area contributed by atoms with Gasteiger partial charge in [-0.2, -0.15) is 5.10 Å². The Morgan fingerprint density at radius 1 is 1.30 bits per heavy atom. The number of methoxy groups -OCH3 is 1. The molecule has 7 nitrogen and oxygen atoms in total. The second-order valence-corrected chi connectivity index (χ2v) is 6.36. The molecular weight excluding hydrogens is 294 g/mol. The first-order chi connectivity index (χ1) is 10.9. The lowest BCUT2D eigenvalue weighted by Crippen LogP contribution is -2.59. The van der Waals surface area contributed by atoms with E-state index < -0.39 is 5.41 Å². The summed E-state index contributed by atoms with van der Waals surface area (Å²) in [6.07, 6.45) is 0. The van der Waals surface area contributed by atoms with Crippen molar-refractivity contribution in [3.8, 4) is 0 Å². The van der Waals surface area contributed by atoms with Crippen molar-refractivity contribution in [3.63, 3.8) is 0 Å². The zero-order chi connectivity index (χ0) is 16.6. The van der Waals surface area contributed by atoms with Crippen LogP contribution in [0.4, 0.5) is 17.5 Å². The molecule has 0 atom stereocenters. The first-order valence-electron chi connectivity index (χ1n) is 7.51. The van der Waals surface area contributed by atoms with Crippen LogP contribution in [0, 0.1) is 19.3 Å². The predicted molar refractivity (Wildman–Crippen MR) is 87.9 cm³/mol. The molecule has 0 aromatic carbocycles. The molecule has 1 saturated heterocycles. The maximum Gasteiger partial charge on any atom is 0.315 e. The van der Waals surface area contributed by atoms with E-state index in [0.717, 1.165) is 28.7 Å². The van der Waals surface area contributed by atoms with E-state index in [2.05, 4.69) is 25.4 Å². The number of nitrogens with one attached hydrogen (secondary N) is 2. The van der Waals surface area contributed by atoms with E-state index in [-0.39, 0.29) is 5.97 Å². The van der Waals surface area contributed by atoms with E-state index >= 15 is 0 Å². The molecule has 1 aliphatic rings. The first kappa shape index (κ1) is 15.3. The number of carbonyl (C=O) groups is 1. The summed E-state index contributed by atoms with van der Waals surface area (Å²) >= 11 is 0. The highest BCUT2D eigenvalue weighted by atomic mass is 16.5. The van der Waals surface area contributed by atoms with E-state index in [1.165, 1.54) is 7.11 Å². The molecule has 3 rings (SSSR count). The number of ether oxygens (including phenoxy) is 1. The average molecular weight is 315 g/mol. The van der Waals surface area contributed by atoms with Crippen LogP contribution in [-0.2, 0) is 9.53 Å². The summed E-state index contributed by atoms with van der Waals surface area (Å²) in [6, 6.07) is 5.90. The summed E-state index contributed by atoms with van der Waals surface area (Å²) in [5.74, 6) is 2.14. The van der Waals surface area contributed by atoms with Crippen molar-refractivity contribution in [1.29, 1.82) is 0 Å². The fraction of sp³-hybridized carbons (Fsp3) is 0.438. The summed E-state index contributed by atoms with van der Waals surface area (Å²) in [6.45, 7) is 7.09. The van der Waals surface area contributed by atoms with Gasteiger partial charge in [-0.1, -0.05) is 0 Å². The van der Waals surface area contributed by atoms with Crippen LogP contribution >= 0.6 is 0 Å². The molecule has 2 aromatic rings. The molecule has 7 heteroatoms. The second kappa shape index (κ2) is 5.57. The largest absolute Gasteiger partial charge is 0.468 e. The van der Waals surface area contributed by atoms with Crippen LogP contribution in [0.5, 0.6) is 0 Å². The number of H-pyrrole nitrogens is 1. The van der Waals surface area contributed by atoms with Gasteiger partial charge in [-0.15, -0.1) is 0 Å². The Hall–Kier alpha value is -2.57. The van der Waals surface area contributed by atoms with Gasteiger partial charge in [-0.25, -0.2) is 4.98 Å². The molecule has 1 aliphatic heterocycles. The summed E-state index contributed by atoms with van der Waals surface area (Å²) < 4.78 is 4.86. The van der Waals surface area contributed by atoms with E-state index in [0.29, 0.717) is 13.1 Å². The van der Waals surface area contributed by atoms with E-state index in [4.69, 9.17) is 4.74 Å². The maximum atomic E-state index is 11.8. The lowest BCUT2D eigenvalue weighted by molar-refractivity contribution is -0.153. The maximum absolute atomic E-state index is 11.8. The molecule has 2 aromatic heterocycles. The molecule has 1 fully saturated rings. The third kappa shape index (κ3) is 2.99. The van der Waals surface area contributed by atoms with Crippen LogP contribution in [-0.4, -0.2) is 41.3 Å². The highest BCUT2D eigenvalue weighted by molar-refractivity contribution is 5.80. The van der Waals surface area contributed by atoms with Crippen LogP contribution in [0.2, 0.25) is 0 Å². The molecule has 0 aliphatic carbocycles. The van der Waals surface area contributed by atoms with Gasteiger partial charge in [0.2, 0.25) is 0 Å². The molecule has 0 bridgehead atoms. The number of nitrogens with zero attached hydrogens (tertiary/aromatic N) is 3. The Morgan fingerprint density at radius 3 is 2.65 bits per heavy atom. The molecule has 0 saturated carbocycles. The molecule has 3 heterocycles. The zero-order valence-corrected chi connectivity index (χ0v) is 13.8. The Labute approximate surface area is 135 Å². The highest BCUT2D eigenvalue weighted by Gasteiger charge is 2.46. The van der Waals surface area contributed by atoms with Crippen molar-refractivity contribution in [2.75, 3.05) is 30.4 Å². The third-order valence-electron chi connectivity index (χ3n) is 4.00. The number of aryl methyl sites for hydroxylation is 2. The van der Waals surface area contributed by atoms with Crippen molar-refractivity contribution in [2.45, 2.75) is 20.8 Å². The van der Waals surface area contributed by atoms with Gasteiger partial charge in [0.15, 0.2) is 5.82 Å². The Bertz CT molecular complexity index is 734.